The van der Waals surface area contributed by atoms with Crippen molar-refractivity contribution in [2.24, 2.45) is 0 Å². The zero-order valence-electron chi connectivity index (χ0n) is 18.8. The van der Waals surface area contributed by atoms with Crippen LogP contribution in [0, 0.1) is 6.92 Å². The Labute approximate surface area is 188 Å². The molecule has 1 saturated heterocycles. The molecule has 7 heteroatoms. The second kappa shape index (κ2) is 9.96. The van der Waals surface area contributed by atoms with Crippen molar-refractivity contribution >= 4 is 22.6 Å². The molecule has 1 aromatic carbocycles. The first-order chi connectivity index (χ1) is 15.5. The van der Waals surface area contributed by atoms with E-state index in [-0.39, 0.29) is 11.0 Å². The maximum absolute atomic E-state index is 13.0. The van der Waals surface area contributed by atoms with Gasteiger partial charge in [0, 0.05) is 36.7 Å². The van der Waals surface area contributed by atoms with Gasteiger partial charge in [-0.1, -0.05) is 12.5 Å². The van der Waals surface area contributed by atoms with Crippen LogP contribution in [0.3, 0.4) is 0 Å². The van der Waals surface area contributed by atoms with E-state index < -0.39 is 5.91 Å². The number of nitrogens with zero attached hydrogens (tertiary/aromatic N) is 3. The van der Waals surface area contributed by atoms with Gasteiger partial charge in [-0.05, 0) is 64.0 Å². The SMILES string of the molecule is CCn1cc(C(=O)Nc2cccc(OCCN3CCCCC3)c2)c(=O)c2ccc(C)nc21. The van der Waals surface area contributed by atoms with Crippen LogP contribution in [-0.4, -0.2) is 46.6 Å². The summed E-state index contributed by atoms with van der Waals surface area (Å²) >= 11 is 0. The number of likely N-dealkylation sites (tertiary alicyclic amines) is 1. The minimum Gasteiger partial charge on any atom is -0.492 e. The lowest BCUT2D eigenvalue weighted by Gasteiger charge is -2.26. The van der Waals surface area contributed by atoms with Crippen molar-refractivity contribution in [1.82, 2.24) is 14.5 Å². The molecule has 0 atom stereocenters. The van der Waals surface area contributed by atoms with Crippen molar-refractivity contribution in [3.8, 4) is 5.75 Å². The van der Waals surface area contributed by atoms with Gasteiger partial charge >= 0.3 is 0 Å². The molecule has 0 unspecified atom stereocenters. The molecule has 7 nitrogen and oxygen atoms in total. The normalized spacial score (nSPS) is 14.4. The molecule has 0 radical (unpaired) electrons. The van der Waals surface area contributed by atoms with Gasteiger partial charge in [0.1, 0.15) is 23.6 Å². The summed E-state index contributed by atoms with van der Waals surface area (Å²) in [6.07, 6.45) is 5.42. The summed E-state index contributed by atoms with van der Waals surface area (Å²) in [4.78, 5) is 32.8. The molecule has 3 heterocycles. The first kappa shape index (κ1) is 22.0. The van der Waals surface area contributed by atoms with Crippen molar-refractivity contribution in [3.05, 3.63) is 64.1 Å². The average molecular weight is 435 g/mol. The van der Waals surface area contributed by atoms with Gasteiger partial charge < -0.3 is 14.6 Å². The Bertz CT molecular complexity index is 1170. The zero-order valence-corrected chi connectivity index (χ0v) is 18.8. The van der Waals surface area contributed by atoms with E-state index >= 15 is 0 Å². The van der Waals surface area contributed by atoms with Gasteiger partial charge in [-0.15, -0.1) is 0 Å². The predicted octanol–water partition coefficient (Wildman–Crippen LogP) is 3.84. The van der Waals surface area contributed by atoms with Crippen molar-refractivity contribution in [2.45, 2.75) is 39.7 Å². The zero-order chi connectivity index (χ0) is 22.5. The summed E-state index contributed by atoms with van der Waals surface area (Å²) in [5, 5.41) is 3.29. The molecule has 4 rings (SSSR count). The fourth-order valence-electron chi connectivity index (χ4n) is 4.10. The summed E-state index contributed by atoms with van der Waals surface area (Å²) in [6.45, 7) is 8.22. The van der Waals surface area contributed by atoms with Crippen molar-refractivity contribution in [2.75, 3.05) is 31.6 Å². The minimum absolute atomic E-state index is 0.0985. The first-order valence-corrected chi connectivity index (χ1v) is 11.3. The number of fused-ring (bicyclic) bond motifs is 1. The third kappa shape index (κ3) is 4.99. The van der Waals surface area contributed by atoms with E-state index in [2.05, 4.69) is 15.2 Å². The van der Waals surface area contributed by atoms with Crippen LogP contribution in [0.2, 0.25) is 0 Å². The van der Waals surface area contributed by atoms with Crippen LogP contribution in [0.15, 0.2) is 47.4 Å². The number of carbonyl (C=O) groups is 1. The standard InChI is InChI=1S/C25H30N4O3/c1-3-29-17-22(23(30)21-11-10-18(2)26-24(21)29)25(31)27-19-8-7-9-20(16-19)32-15-14-28-12-5-4-6-13-28/h7-11,16-17H,3-6,12-15H2,1-2H3,(H,27,31). The number of rotatable bonds is 7. The second-order valence-corrected chi connectivity index (χ2v) is 8.21. The van der Waals surface area contributed by atoms with E-state index in [0.717, 1.165) is 25.3 Å². The summed E-state index contributed by atoms with van der Waals surface area (Å²) in [7, 11) is 0. The van der Waals surface area contributed by atoms with E-state index in [1.807, 2.05) is 30.5 Å². The monoisotopic (exact) mass is 434 g/mol. The Balaban J connectivity index is 1.47. The highest BCUT2D eigenvalue weighted by Crippen LogP contribution is 2.19. The Morgan fingerprint density at radius 1 is 1.16 bits per heavy atom. The topological polar surface area (TPSA) is 76.5 Å². The number of carbonyl (C=O) groups excluding carboxylic acids is 1. The molecule has 2 aromatic heterocycles. The maximum Gasteiger partial charge on any atom is 0.261 e. The van der Waals surface area contributed by atoms with Crippen LogP contribution in [0.5, 0.6) is 5.75 Å². The van der Waals surface area contributed by atoms with E-state index in [1.54, 1.807) is 30.5 Å². The fourth-order valence-corrected chi connectivity index (χ4v) is 4.10. The number of anilines is 1. The molecule has 3 aromatic rings. The molecule has 0 bridgehead atoms. The number of benzene rings is 1. The molecule has 1 fully saturated rings. The number of aromatic nitrogens is 2. The Kier molecular flexibility index (Phi) is 6.85. The Morgan fingerprint density at radius 2 is 1.97 bits per heavy atom. The number of piperidine rings is 1. The quantitative estimate of drug-likeness (QED) is 0.611. The van der Waals surface area contributed by atoms with E-state index in [0.29, 0.717) is 35.6 Å². The van der Waals surface area contributed by atoms with Crippen molar-refractivity contribution in [1.29, 1.82) is 0 Å². The van der Waals surface area contributed by atoms with E-state index in [1.165, 1.54) is 19.3 Å². The predicted molar refractivity (Wildman–Crippen MR) is 127 cm³/mol. The lowest BCUT2D eigenvalue weighted by Crippen LogP contribution is -2.33. The van der Waals surface area contributed by atoms with Gasteiger partial charge in [0.15, 0.2) is 0 Å². The van der Waals surface area contributed by atoms with Crippen LogP contribution in [-0.2, 0) is 6.54 Å². The maximum atomic E-state index is 13.0. The summed E-state index contributed by atoms with van der Waals surface area (Å²) < 4.78 is 7.73. The highest BCUT2D eigenvalue weighted by atomic mass is 16.5. The second-order valence-electron chi connectivity index (χ2n) is 8.21. The summed E-state index contributed by atoms with van der Waals surface area (Å²) in [5.41, 5.74) is 1.80. The van der Waals surface area contributed by atoms with Crippen LogP contribution in [0.4, 0.5) is 5.69 Å². The summed E-state index contributed by atoms with van der Waals surface area (Å²) in [5.74, 6) is 0.258. The van der Waals surface area contributed by atoms with Gasteiger partial charge in [0.25, 0.3) is 5.91 Å². The van der Waals surface area contributed by atoms with Crippen LogP contribution < -0.4 is 15.5 Å². The molecule has 1 amide bonds. The summed E-state index contributed by atoms with van der Waals surface area (Å²) in [6, 6.07) is 10.8. The van der Waals surface area contributed by atoms with Gasteiger partial charge in [-0.25, -0.2) is 4.98 Å². The highest BCUT2D eigenvalue weighted by Gasteiger charge is 2.16. The number of pyridine rings is 2. The molecular formula is C25H30N4O3. The number of hydrogen-bond donors (Lipinski definition) is 1. The minimum atomic E-state index is -0.440. The molecule has 32 heavy (non-hydrogen) atoms. The number of nitrogens with one attached hydrogen (secondary N) is 1. The average Bonchev–Trinajstić information content (AvgIpc) is 2.80. The lowest BCUT2D eigenvalue weighted by molar-refractivity contribution is 0.102. The van der Waals surface area contributed by atoms with Crippen molar-refractivity contribution < 1.29 is 9.53 Å². The Morgan fingerprint density at radius 3 is 2.75 bits per heavy atom. The van der Waals surface area contributed by atoms with Crippen LogP contribution in [0.25, 0.3) is 11.0 Å². The molecule has 168 valence electrons. The molecular weight excluding hydrogens is 404 g/mol. The van der Waals surface area contributed by atoms with Crippen molar-refractivity contribution in [3.63, 3.8) is 0 Å². The molecule has 1 N–H and O–H groups in total. The molecule has 0 spiro atoms. The number of aryl methyl sites for hydroxylation is 2. The van der Waals surface area contributed by atoms with E-state index in [4.69, 9.17) is 4.74 Å². The number of ether oxygens (including phenoxy) is 1. The number of hydrogen-bond acceptors (Lipinski definition) is 5. The van der Waals surface area contributed by atoms with Gasteiger partial charge in [-0.3, -0.25) is 14.5 Å². The molecule has 1 aliphatic heterocycles. The van der Waals surface area contributed by atoms with Gasteiger partial charge in [0.05, 0.1) is 5.39 Å². The highest BCUT2D eigenvalue weighted by molar-refractivity contribution is 6.05. The largest absolute Gasteiger partial charge is 0.492 e. The van der Waals surface area contributed by atoms with Gasteiger partial charge in [0.2, 0.25) is 5.43 Å². The smallest absolute Gasteiger partial charge is 0.261 e. The third-order valence-electron chi connectivity index (χ3n) is 5.86. The fraction of sp³-hybridized carbons (Fsp3) is 0.400. The lowest BCUT2D eigenvalue weighted by atomic mass is 10.1. The van der Waals surface area contributed by atoms with Gasteiger partial charge in [-0.2, -0.15) is 0 Å². The third-order valence-corrected chi connectivity index (χ3v) is 5.86. The van der Waals surface area contributed by atoms with E-state index in [9.17, 15) is 9.59 Å². The van der Waals surface area contributed by atoms with Crippen LogP contribution in [0.1, 0.15) is 42.2 Å². The molecule has 1 aliphatic rings. The molecule has 0 aliphatic carbocycles. The van der Waals surface area contributed by atoms with Crippen LogP contribution >= 0.6 is 0 Å². The Hall–Kier alpha value is -3.19. The number of amides is 1. The first-order valence-electron chi connectivity index (χ1n) is 11.3. The molecule has 0 saturated carbocycles.